The fraction of sp³-hybridized carbons (Fsp3) is 0.348. The van der Waals surface area contributed by atoms with Crippen molar-refractivity contribution < 1.29 is 12.8 Å². The Bertz CT molecular complexity index is 1130. The van der Waals surface area contributed by atoms with Gasteiger partial charge in [-0.2, -0.15) is 4.98 Å². The molecule has 158 valence electrons. The Morgan fingerprint density at radius 1 is 1.00 bits per heavy atom. The van der Waals surface area contributed by atoms with Gasteiger partial charge in [-0.1, -0.05) is 47.5 Å². The van der Waals surface area contributed by atoms with E-state index in [1.807, 2.05) is 36.1 Å². The Kier molecular flexibility index (Phi) is 5.77. The van der Waals surface area contributed by atoms with Crippen molar-refractivity contribution in [3.63, 3.8) is 0 Å². The third-order valence-corrected chi connectivity index (χ3v) is 7.61. The molecule has 0 amide bonds. The SMILES string of the molecule is Cc1ccc(-c2nc(S(=O)(=O)c3ccc(Br)cc3)c(N3CC(C)CC(C)C3)o2)cc1. The quantitative estimate of drug-likeness (QED) is 0.469. The lowest BCUT2D eigenvalue weighted by atomic mass is 9.92. The van der Waals surface area contributed by atoms with Crippen molar-refractivity contribution in [1.29, 1.82) is 0 Å². The molecular formula is C23H25BrN2O3S. The maximum atomic E-state index is 13.5. The molecule has 7 heteroatoms. The van der Waals surface area contributed by atoms with E-state index in [0.29, 0.717) is 23.6 Å². The van der Waals surface area contributed by atoms with Gasteiger partial charge in [-0.3, -0.25) is 0 Å². The first-order valence-electron chi connectivity index (χ1n) is 10.1. The molecule has 1 aromatic heterocycles. The monoisotopic (exact) mass is 488 g/mol. The smallest absolute Gasteiger partial charge is 0.236 e. The van der Waals surface area contributed by atoms with Crippen LogP contribution in [-0.2, 0) is 9.84 Å². The summed E-state index contributed by atoms with van der Waals surface area (Å²) >= 11 is 3.36. The molecule has 2 atom stereocenters. The number of sulfone groups is 1. The van der Waals surface area contributed by atoms with E-state index in [0.717, 1.165) is 35.1 Å². The van der Waals surface area contributed by atoms with E-state index in [1.165, 1.54) is 0 Å². The van der Waals surface area contributed by atoms with Crippen LogP contribution in [-0.4, -0.2) is 26.5 Å². The molecule has 4 rings (SSSR count). The second-order valence-corrected chi connectivity index (χ2v) is 11.1. The summed E-state index contributed by atoms with van der Waals surface area (Å²) < 4.78 is 34.0. The summed E-state index contributed by atoms with van der Waals surface area (Å²) in [5, 5.41) is -0.0123. The first kappa shape index (κ1) is 21.1. The molecule has 1 saturated heterocycles. The van der Waals surface area contributed by atoms with Gasteiger partial charge in [0.05, 0.1) is 4.90 Å². The Morgan fingerprint density at radius 3 is 2.20 bits per heavy atom. The molecule has 3 aromatic rings. The van der Waals surface area contributed by atoms with Crippen molar-refractivity contribution >= 4 is 31.7 Å². The molecule has 1 aliphatic rings. The molecule has 0 radical (unpaired) electrons. The third kappa shape index (κ3) is 4.18. The summed E-state index contributed by atoms with van der Waals surface area (Å²) in [4.78, 5) is 6.74. The molecule has 0 bridgehead atoms. The van der Waals surface area contributed by atoms with Crippen LogP contribution in [0.5, 0.6) is 0 Å². The number of benzene rings is 2. The number of oxazole rings is 1. The minimum atomic E-state index is -3.83. The molecule has 0 spiro atoms. The largest absolute Gasteiger partial charge is 0.419 e. The topological polar surface area (TPSA) is 63.4 Å². The second kappa shape index (κ2) is 8.19. The molecular weight excluding hydrogens is 464 g/mol. The number of rotatable bonds is 4. The van der Waals surface area contributed by atoms with Crippen LogP contribution < -0.4 is 4.90 Å². The number of piperidine rings is 1. The van der Waals surface area contributed by atoms with Crippen molar-refractivity contribution in [3.8, 4) is 11.5 Å². The van der Waals surface area contributed by atoms with Gasteiger partial charge in [-0.15, -0.1) is 0 Å². The van der Waals surface area contributed by atoms with Crippen LogP contribution in [0.15, 0.2) is 67.3 Å². The van der Waals surface area contributed by atoms with Gasteiger partial charge in [-0.25, -0.2) is 8.42 Å². The predicted octanol–water partition coefficient (Wildman–Crippen LogP) is 5.73. The first-order chi connectivity index (χ1) is 14.2. The van der Waals surface area contributed by atoms with E-state index in [-0.39, 0.29) is 9.92 Å². The minimum absolute atomic E-state index is 0.0123. The van der Waals surface area contributed by atoms with Crippen LogP contribution in [0.1, 0.15) is 25.8 Å². The van der Waals surface area contributed by atoms with Crippen LogP contribution >= 0.6 is 15.9 Å². The zero-order valence-electron chi connectivity index (χ0n) is 17.3. The van der Waals surface area contributed by atoms with Crippen molar-refractivity contribution in [1.82, 2.24) is 4.98 Å². The molecule has 1 fully saturated rings. The Hall–Kier alpha value is -2.12. The summed E-state index contributed by atoms with van der Waals surface area (Å²) in [7, 11) is -3.83. The van der Waals surface area contributed by atoms with Gasteiger partial charge in [0.1, 0.15) is 0 Å². The molecule has 2 aromatic carbocycles. The van der Waals surface area contributed by atoms with Gasteiger partial charge < -0.3 is 9.32 Å². The summed E-state index contributed by atoms with van der Waals surface area (Å²) in [6.07, 6.45) is 1.12. The van der Waals surface area contributed by atoms with Crippen LogP contribution in [0.2, 0.25) is 0 Å². The average molecular weight is 489 g/mol. The fourth-order valence-electron chi connectivity index (χ4n) is 4.05. The number of anilines is 1. The Labute approximate surface area is 186 Å². The van der Waals surface area contributed by atoms with E-state index in [1.54, 1.807) is 24.3 Å². The maximum absolute atomic E-state index is 13.5. The zero-order chi connectivity index (χ0) is 21.5. The molecule has 30 heavy (non-hydrogen) atoms. The van der Waals surface area contributed by atoms with E-state index in [9.17, 15) is 8.42 Å². The van der Waals surface area contributed by atoms with Crippen LogP contribution in [0.4, 0.5) is 5.88 Å². The van der Waals surface area contributed by atoms with Gasteiger partial charge in [0.15, 0.2) is 0 Å². The van der Waals surface area contributed by atoms with Crippen molar-refractivity contribution in [2.75, 3.05) is 18.0 Å². The molecule has 1 aliphatic heterocycles. The summed E-state index contributed by atoms with van der Waals surface area (Å²) in [6, 6.07) is 14.4. The van der Waals surface area contributed by atoms with Gasteiger partial charge in [0.25, 0.3) is 0 Å². The highest BCUT2D eigenvalue weighted by atomic mass is 79.9. The van der Waals surface area contributed by atoms with E-state index in [2.05, 4.69) is 34.8 Å². The average Bonchev–Trinajstić information content (AvgIpc) is 3.14. The summed E-state index contributed by atoms with van der Waals surface area (Å²) in [5.41, 5.74) is 1.88. The molecule has 2 heterocycles. The molecule has 5 nitrogen and oxygen atoms in total. The molecule has 0 saturated carbocycles. The fourth-order valence-corrected chi connectivity index (χ4v) is 5.63. The number of aromatic nitrogens is 1. The number of nitrogens with zero attached hydrogens (tertiary/aromatic N) is 2. The van der Waals surface area contributed by atoms with Crippen LogP contribution in [0.3, 0.4) is 0 Å². The van der Waals surface area contributed by atoms with Crippen molar-refractivity contribution in [2.24, 2.45) is 11.8 Å². The molecule has 2 unspecified atom stereocenters. The molecule has 0 N–H and O–H groups in total. The number of aryl methyl sites for hydroxylation is 1. The molecule has 0 aliphatic carbocycles. The summed E-state index contributed by atoms with van der Waals surface area (Å²) in [6.45, 7) is 7.86. The van der Waals surface area contributed by atoms with Crippen molar-refractivity contribution in [3.05, 3.63) is 58.6 Å². The lowest BCUT2D eigenvalue weighted by Crippen LogP contribution is -2.39. The lowest BCUT2D eigenvalue weighted by molar-refractivity contribution is 0.342. The minimum Gasteiger partial charge on any atom is -0.419 e. The highest BCUT2D eigenvalue weighted by Gasteiger charge is 2.34. The summed E-state index contributed by atoms with van der Waals surface area (Å²) in [5.74, 6) is 1.56. The van der Waals surface area contributed by atoms with E-state index in [4.69, 9.17) is 4.42 Å². The van der Waals surface area contributed by atoms with Gasteiger partial charge in [-0.05, 0) is 61.6 Å². The van der Waals surface area contributed by atoms with Crippen molar-refractivity contribution in [2.45, 2.75) is 37.1 Å². The maximum Gasteiger partial charge on any atom is 0.236 e. The van der Waals surface area contributed by atoms with Gasteiger partial charge in [0.2, 0.25) is 26.6 Å². The van der Waals surface area contributed by atoms with E-state index < -0.39 is 9.84 Å². The second-order valence-electron chi connectivity index (χ2n) is 8.30. The highest BCUT2D eigenvalue weighted by Crippen LogP contribution is 2.37. The lowest BCUT2D eigenvalue weighted by Gasteiger charge is -2.34. The Morgan fingerprint density at radius 2 is 1.60 bits per heavy atom. The van der Waals surface area contributed by atoms with Crippen LogP contribution in [0, 0.1) is 18.8 Å². The normalized spacial score (nSPS) is 19.8. The zero-order valence-corrected chi connectivity index (χ0v) is 19.7. The Balaban J connectivity index is 1.85. The van der Waals surface area contributed by atoms with Gasteiger partial charge in [0, 0.05) is 23.1 Å². The number of hydrogen-bond donors (Lipinski definition) is 0. The van der Waals surface area contributed by atoms with Crippen LogP contribution in [0.25, 0.3) is 11.5 Å². The first-order valence-corrected chi connectivity index (χ1v) is 12.3. The third-order valence-electron chi connectivity index (χ3n) is 5.41. The predicted molar refractivity (Wildman–Crippen MR) is 121 cm³/mol. The standard InChI is InChI=1S/C23H25BrN2O3S/c1-15-4-6-18(7-5-15)21-25-22(30(27,28)20-10-8-19(24)9-11-20)23(29-21)26-13-16(2)12-17(3)14-26/h4-11,16-17H,12-14H2,1-3H3. The number of halogens is 1. The van der Waals surface area contributed by atoms with Gasteiger partial charge >= 0.3 is 0 Å². The van der Waals surface area contributed by atoms with E-state index >= 15 is 0 Å². The number of hydrogen-bond acceptors (Lipinski definition) is 5. The highest BCUT2D eigenvalue weighted by molar-refractivity contribution is 9.10.